The average molecular weight is 332 g/mol. The smallest absolute Gasteiger partial charge is 0.164 e. The van der Waals surface area contributed by atoms with Crippen LogP contribution in [0.2, 0.25) is 0 Å². The number of piperidine rings is 1. The van der Waals surface area contributed by atoms with Gasteiger partial charge in [0, 0.05) is 43.3 Å². The molecule has 6 nitrogen and oxygen atoms in total. The van der Waals surface area contributed by atoms with E-state index in [0.29, 0.717) is 12.1 Å². The summed E-state index contributed by atoms with van der Waals surface area (Å²) in [5.74, 6) is 1.54. The Morgan fingerprint density at radius 3 is 2.57 bits per heavy atom. The highest BCUT2D eigenvalue weighted by atomic mass is 31.2. The van der Waals surface area contributed by atoms with E-state index in [0.717, 1.165) is 49.4 Å². The summed E-state index contributed by atoms with van der Waals surface area (Å²) in [6, 6.07) is 5.91. The van der Waals surface area contributed by atoms with Crippen LogP contribution in [0.25, 0.3) is 11.3 Å². The van der Waals surface area contributed by atoms with Gasteiger partial charge in [-0.05, 0) is 37.3 Å². The summed E-state index contributed by atoms with van der Waals surface area (Å²) < 4.78 is 0. The van der Waals surface area contributed by atoms with Gasteiger partial charge in [0.2, 0.25) is 0 Å². The van der Waals surface area contributed by atoms with E-state index in [4.69, 9.17) is 9.79 Å². The number of hydrogen-bond donors (Lipinski definition) is 2. The van der Waals surface area contributed by atoms with Gasteiger partial charge in [-0.1, -0.05) is 0 Å². The van der Waals surface area contributed by atoms with Crippen LogP contribution in [-0.2, 0) is 0 Å². The lowest BCUT2D eigenvalue weighted by molar-refractivity contribution is 0.386. The molecule has 0 spiro atoms. The first-order valence-corrected chi connectivity index (χ1v) is 9.28. The molecule has 1 aliphatic rings. The zero-order valence-electron chi connectivity index (χ0n) is 12.9. The van der Waals surface area contributed by atoms with E-state index in [-0.39, 0.29) is 0 Å². The molecule has 0 aromatic carbocycles. The number of rotatable bonds is 5. The fourth-order valence-corrected chi connectivity index (χ4v) is 3.55. The maximum atomic E-state index is 9.04. The van der Waals surface area contributed by atoms with Crippen molar-refractivity contribution in [1.29, 1.82) is 0 Å². The predicted molar refractivity (Wildman–Crippen MR) is 91.0 cm³/mol. The molecule has 2 aromatic rings. The zero-order chi connectivity index (χ0) is 16.1. The van der Waals surface area contributed by atoms with Crippen molar-refractivity contribution in [3.63, 3.8) is 0 Å². The van der Waals surface area contributed by atoms with Gasteiger partial charge in [0.1, 0.15) is 12.1 Å². The Morgan fingerprint density at radius 2 is 1.87 bits per heavy atom. The maximum Gasteiger partial charge on any atom is 0.164 e. The summed E-state index contributed by atoms with van der Waals surface area (Å²) in [7, 11) is -1.75. The predicted octanol–water partition coefficient (Wildman–Crippen LogP) is 2.44. The molecule has 0 unspecified atom stereocenters. The molecule has 1 saturated heterocycles. The second-order valence-corrected chi connectivity index (χ2v) is 7.00. The van der Waals surface area contributed by atoms with Gasteiger partial charge in [-0.25, -0.2) is 9.97 Å². The van der Waals surface area contributed by atoms with Gasteiger partial charge in [0.05, 0.1) is 5.69 Å². The molecule has 3 heterocycles. The molecule has 2 N–H and O–H groups in total. The number of anilines is 1. The fourth-order valence-electron chi connectivity index (χ4n) is 2.95. The third-order valence-electron chi connectivity index (χ3n) is 4.30. The summed E-state index contributed by atoms with van der Waals surface area (Å²) in [5.41, 5.74) is 1.95. The molecule has 0 saturated carbocycles. The lowest BCUT2D eigenvalue weighted by atomic mass is 9.94. The van der Waals surface area contributed by atoms with Gasteiger partial charge in [0.15, 0.2) is 8.38 Å². The SMILES string of the molecule is OP(O)CCC1CCN(c2cc(-c3ccncc3)ncn2)CC1. The van der Waals surface area contributed by atoms with Gasteiger partial charge < -0.3 is 14.7 Å². The largest absolute Gasteiger partial charge is 0.356 e. The van der Waals surface area contributed by atoms with E-state index in [2.05, 4.69) is 19.9 Å². The summed E-state index contributed by atoms with van der Waals surface area (Å²) >= 11 is 0. The molecule has 3 rings (SSSR count). The van der Waals surface area contributed by atoms with E-state index in [1.54, 1.807) is 18.7 Å². The molecule has 0 radical (unpaired) electrons. The molecule has 1 fully saturated rings. The van der Waals surface area contributed by atoms with E-state index in [1.165, 1.54) is 0 Å². The van der Waals surface area contributed by atoms with Gasteiger partial charge in [0.25, 0.3) is 0 Å². The van der Waals surface area contributed by atoms with Crippen molar-refractivity contribution in [3.8, 4) is 11.3 Å². The Bertz CT molecular complexity index is 618. The van der Waals surface area contributed by atoms with Crippen LogP contribution in [0.15, 0.2) is 36.9 Å². The third kappa shape index (κ3) is 4.44. The molecule has 0 aliphatic carbocycles. The summed E-state index contributed by atoms with van der Waals surface area (Å²) in [6.45, 7) is 1.90. The Balaban J connectivity index is 1.63. The Labute approximate surface area is 137 Å². The van der Waals surface area contributed by atoms with E-state index in [1.807, 2.05) is 18.2 Å². The molecule has 7 heteroatoms. The quantitative estimate of drug-likeness (QED) is 0.819. The maximum absolute atomic E-state index is 9.04. The minimum Gasteiger partial charge on any atom is -0.356 e. The molecule has 0 bridgehead atoms. The van der Waals surface area contributed by atoms with E-state index in [9.17, 15) is 0 Å². The first-order chi connectivity index (χ1) is 11.2. The van der Waals surface area contributed by atoms with Crippen LogP contribution in [0, 0.1) is 5.92 Å². The second kappa shape index (κ2) is 7.77. The van der Waals surface area contributed by atoms with Crippen molar-refractivity contribution in [2.24, 2.45) is 5.92 Å². The molecule has 0 amide bonds. The van der Waals surface area contributed by atoms with Crippen molar-refractivity contribution < 1.29 is 9.79 Å². The monoisotopic (exact) mass is 332 g/mol. The summed E-state index contributed by atoms with van der Waals surface area (Å²) in [6.07, 6.45) is 8.70. The van der Waals surface area contributed by atoms with Crippen molar-refractivity contribution in [2.45, 2.75) is 19.3 Å². The van der Waals surface area contributed by atoms with Crippen molar-refractivity contribution >= 4 is 14.2 Å². The van der Waals surface area contributed by atoms with E-state index >= 15 is 0 Å². The normalized spacial score (nSPS) is 16.0. The van der Waals surface area contributed by atoms with Crippen LogP contribution in [-0.4, -0.2) is 44.0 Å². The summed E-state index contributed by atoms with van der Waals surface area (Å²) in [5, 5.41) is 0. The fraction of sp³-hybridized carbons (Fsp3) is 0.438. The molecule has 122 valence electrons. The third-order valence-corrected chi connectivity index (χ3v) is 4.96. The van der Waals surface area contributed by atoms with Crippen LogP contribution in [0.4, 0.5) is 5.82 Å². The number of nitrogens with zero attached hydrogens (tertiary/aromatic N) is 4. The number of aromatic nitrogens is 3. The molecular weight excluding hydrogens is 311 g/mol. The Morgan fingerprint density at radius 1 is 1.13 bits per heavy atom. The average Bonchev–Trinajstić information content (AvgIpc) is 2.61. The minimum absolute atomic E-state index is 0.527. The Hall–Kier alpha value is -1.62. The van der Waals surface area contributed by atoms with Crippen molar-refractivity contribution in [1.82, 2.24) is 15.0 Å². The standard InChI is InChI=1S/C16H21N4O2P/c21-23(22)10-5-13-3-8-20(9-4-13)16-11-15(18-12-19-16)14-1-6-17-7-2-14/h1-2,6-7,11-13,21-22H,3-5,8-10H2. The zero-order valence-corrected chi connectivity index (χ0v) is 13.8. The van der Waals surface area contributed by atoms with Crippen LogP contribution in [0.3, 0.4) is 0 Å². The molecular formula is C16H21N4O2P. The topological polar surface area (TPSA) is 82.4 Å². The second-order valence-electron chi connectivity index (χ2n) is 5.81. The van der Waals surface area contributed by atoms with Crippen molar-refractivity contribution in [3.05, 3.63) is 36.9 Å². The van der Waals surface area contributed by atoms with Gasteiger partial charge >= 0.3 is 0 Å². The number of pyridine rings is 1. The lowest BCUT2D eigenvalue weighted by Gasteiger charge is -2.33. The Kier molecular flexibility index (Phi) is 5.49. The van der Waals surface area contributed by atoms with Gasteiger partial charge in [-0.2, -0.15) is 0 Å². The highest BCUT2D eigenvalue weighted by Gasteiger charge is 2.21. The molecule has 2 aromatic heterocycles. The van der Waals surface area contributed by atoms with E-state index < -0.39 is 8.38 Å². The minimum atomic E-state index is -1.75. The van der Waals surface area contributed by atoms with Crippen LogP contribution in [0.5, 0.6) is 0 Å². The first kappa shape index (κ1) is 16.2. The lowest BCUT2D eigenvalue weighted by Crippen LogP contribution is -2.34. The van der Waals surface area contributed by atoms with Gasteiger partial charge in [-0.15, -0.1) is 0 Å². The van der Waals surface area contributed by atoms with Gasteiger partial charge in [-0.3, -0.25) is 4.98 Å². The highest BCUT2D eigenvalue weighted by Crippen LogP contribution is 2.31. The summed E-state index contributed by atoms with van der Waals surface area (Å²) in [4.78, 5) is 33.2. The molecule has 23 heavy (non-hydrogen) atoms. The van der Waals surface area contributed by atoms with Crippen LogP contribution >= 0.6 is 8.38 Å². The van der Waals surface area contributed by atoms with Crippen LogP contribution < -0.4 is 4.90 Å². The number of hydrogen-bond acceptors (Lipinski definition) is 6. The highest BCUT2D eigenvalue weighted by molar-refractivity contribution is 7.45. The molecule has 0 atom stereocenters. The van der Waals surface area contributed by atoms with Crippen LogP contribution in [0.1, 0.15) is 19.3 Å². The molecule has 1 aliphatic heterocycles. The first-order valence-electron chi connectivity index (χ1n) is 7.85. The van der Waals surface area contributed by atoms with Crippen molar-refractivity contribution in [2.75, 3.05) is 24.2 Å².